The van der Waals surface area contributed by atoms with Crippen molar-refractivity contribution in [1.82, 2.24) is 20.4 Å². The first kappa shape index (κ1) is 19.9. The van der Waals surface area contributed by atoms with E-state index in [0.717, 1.165) is 38.2 Å². The average Bonchev–Trinajstić information content (AvgIpc) is 3.35. The number of nitrogens with one attached hydrogen (secondary N) is 1. The fourth-order valence-electron chi connectivity index (χ4n) is 4.41. The van der Waals surface area contributed by atoms with Crippen LogP contribution in [0.15, 0.2) is 28.8 Å². The normalized spacial score (nSPS) is 20.6. The molecule has 2 aliphatic heterocycles. The molecule has 2 fully saturated rings. The van der Waals surface area contributed by atoms with E-state index in [0.29, 0.717) is 18.4 Å². The topological polar surface area (TPSA) is 74.5 Å². The minimum Gasteiger partial charge on any atom is -0.372 e. The predicted molar refractivity (Wildman–Crippen MR) is 113 cm³/mol. The molecular formula is C22H31N5O2. The Hall–Kier alpha value is -2.41. The van der Waals surface area contributed by atoms with E-state index >= 15 is 0 Å². The van der Waals surface area contributed by atoms with Crippen LogP contribution < -0.4 is 10.2 Å². The minimum atomic E-state index is -0.298. The number of hydrogen-bond donors (Lipinski definition) is 1. The number of anilines is 1. The Labute approximate surface area is 172 Å². The van der Waals surface area contributed by atoms with E-state index in [2.05, 4.69) is 44.3 Å². The molecule has 0 aliphatic carbocycles. The van der Waals surface area contributed by atoms with Gasteiger partial charge in [0.05, 0.1) is 0 Å². The van der Waals surface area contributed by atoms with E-state index in [1.165, 1.54) is 37.8 Å². The van der Waals surface area contributed by atoms with Gasteiger partial charge in [0, 0.05) is 36.9 Å². The van der Waals surface area contributed by atoms with Crippen molar-refractivity contribution in [2.75, 3.05) is 37.6 Å². The van der Waals surface area contributed by atoms with Crippen LogP contribution in [-0.2, 0) is 0 Å². The number of benzene rings is 1. The largest absolute Gasteiger partial charge is 0.372 e. The fourth-order valence-corrected chi connectivity index (χ4v) is 4.41. The maximum atomic E-state index is 12.4. The highest BCUT2D eigenvalue weighted by Gasteiger charge is 2.24. The van der Waals surface area contributed by atoms with Gasteiger partial charge >= 0.3 is 11.8 Å². The molecule has 1 atom stereocenters. The maximum absolute atomic E-state index is 12.4. The molecule has 156 valence electrons. The Morgan fingerprint density at radius 2 is 1.86 bits per heavy atom. The number of likely N-dealkylation sites (N-methyl/N-ethyl adjacent to an activating group) is 1. The second-order valence-corrected chi connectivity index (χ2v) is 8.01. The van der Waals surface area contributed by atoms with Crippen LogP contribution in [0, 0.1) is 0 Å². The first-order chi connectivity index (χ1) is 14.2. The Bertz CT molecular complexity index is 796. The van der Waals surface area contributed by atoms with Gasteiger partial charge in [-0.1, -0.05) is 24.9 Å². The van der Waals surface area contributed by atoms with E-state index in [1.54, 1.807) is 0 Å². The van der Waals surface area contributed by atoms with Gasteiger partial charge in [0.15, 0.2) is 0 Å². The molecule has 2 saturated heterocycles. The molecule has 7 nitrogen and oxygen atoms in total. The molecule has 1 aromatic heterocycles. The zero-order valence-corrected chi connectivity index (χ0v) is 17.3. The number of carbonyl (C=O) groups is 1. The molecular weight excluding hydrogens is 366 g/mol. The lowest BCUT2D eigenvalue weighted by Gasteiger charge is -2.22. The van der Waals surface area contributed by atoms with Gasteiger partial charge in [0.25, 0.3) is 0 Å². The molecule has 3 heterocycles. The van der Waals surface area contributed by atoms with Crippen LogP contribution >= 0.6 is 0 Å². The fraction of sp³-hybridized carbons (Fsp3) is 0.591. The highest BCUT2D eigenvalue weighted by atomic mass is 16.5. The molecule has 4 rings (SSSR count). The van der Waals surface area contributed by atoms with Gasteiger partial charge in [0.1, 0.15) is 0 Å². The lowest BCUT2D eigenvalue weighted by atomic mass is 10.2. The molecule has 7 heteroatoms. The monoisotopic (exact) mass is 397 g/mol. The predicted octanol–water partition coefficient (Wildman–Crippen LogP) is 3.33. The van der Waals surface area contributed by atoms with Gasteiger partial charge in [-0.2, -0.15) is 4.98 Å². The Morgan fingerprint density at radius 3 is 2.59 bits per heavy atom. The zero-order valence-electron chi connectivity index (χ0n) is 17.3. The summed E-state index contributed by atoms with van der Waals surface area (Å²) in [7, 11) is 0. The minimum absolute atomic E-state index is 0.0256. The van der Waals surface area contributed by atoms with Crippen molar-refractivity contribution in [3.05, 3.63) is 30.2 Å². The summed E-state index contributed by atoms with van der Waals surface area (Å²) in [6, 6.07) is 8.62. The van der Waals surface area contributed by atoms with Crippen LogP contribution in [0.25, 0.3) is 11.4 Å². The number of aromatic nitrogens is 2. The summed E-state index contributed by atoms with van der Waals surface area (Å²) in [6.07, 6.45) is 7.45. The molecule has 0 spiro atoms. The molecule has 1 amide bonds. The van der Waals surface area contributed by atoms with Gasteiger partial charge in [-0.05, 0) is 63.0 Å². The third-order valence-corrected chi connectivity index (χ3v) is 6.12. The second kappa shape index (κ2) is 9.39. The van der Waals surface area contributed by atoms with Crippen LogP contribution in [0.5, 0.6) is 0 Å². The maximum Gasteiger partial charge on any atom is 0.316 e. The SMILES string of the molecule is CCN1CCC[C@H]1CNC(=O)c1nc(-c2ccc(N3CCCCCC3)cc2)no1. The van der Waals surface area contributed by atoms with Crippen molar-refractivity contribution in [3.8, 4) is 11.4 Å². The molecule has 29 heavy (non-hydrogen) atoms. The van der Waals surface area contributed by atoms with Crippen molar-refractivity contribution >= 4 is 11.6 Å². The molecule has 2 aromatic rings. The molecule has 0 bridgehead atoms. The number of carbonyl (C=O) groups excluding carboxylic acids is 1. The number of rotatable bonds is 6. The zero-order chi connectivity index (χ0) is 20.1. The standard InChI is InChI=1S/C22H31N5O2/c1-2-26-15-7-8-19(26)16-23-21(28)22-24-20(25-29-22)17-9-11-18(12-10-17)27-13-5-3-4-6-14-27/h9-12,19H,2-8,13-16H2,1H3,(H,23,28)/t19-/m0/s1. The van der Waals surface area contributed by atoms with Crippen molar-refractivity contribution in [3.63, 3.8) is 0 Å². The van der Waals surface area contributed by atoms with Crippen LogP contribution in [0.3, 0.4) is 0 Å². The number of amides is 1. The van der Waals surface area contributed by atoms with Gasteiger partial charge in [-0.25, -0.2) is 0 Å². The molecule has 0 saturated carbocycles. The highest BCUT2D eigenvalue weighted by Crippen LogP contribution is 2.23. The quantitative estimate of drug-likeness (QED) is 0.806. The van der Waals surface area contributed by atoms with Crippen LogP contribution in [0.1, 0.15) is 56.1 Å². The third-order valence-electron chi connectivity index (χ3n) is 6.12. The van der Waals surface area contributed by atoms with Crippen molar-refractivity contribution in [1.29, 1.82) is 0 Å². The van der Waals surface area contributed by atoms with E-state index in [1.807, 2.05) is 12.1 Å². The van der Waals surface area contributed by atoms with E-state index < -0.39 is 0 Å². The van der Waals surface area contributed by atoms with Crippen LogP contribution in [0.4, 0.5) is 5.69 Å². The van der Waals surface area contributed by atoms with Gasteiger partial charge in [-0.3, -0.25) is 9.69 Å². The first-order valence-corrected chi connectivity index (χ1v) is 11.0. The van der Waals surface area contributed by atoms with Crippen molar-refractivity contribution < 1.29 is 9.32 Å². The summed E-state index contributed by atoms with van der Waals surface area (Å²) >= 11 is 0. The first-order valence-electron chi connectivity index (χ1n) is 11.0. The number of hydrogen-bond acceptors (Lipinski definition) is 6. The van der Waals surface area contributed by atoms with Gasteiger partial charge in [0.2, 0.25) is 5.82 Å². The number of nitrogens with zero attached hydrogens (tertiary/aromatic N) is 4. The molecule has 0 unspecified atom stereocenters. The summed E-state index contributed by atoms with van der Waals surface area (Å²) in [5.74, 6) is 0.180. The van der Waals surface area contributed by atoms with E-state index in [4.69, 9.17) is 4.52 Å². The van der Waals surface area contributed by atoms with Crippen molar-refractivity contribution in [2.24, 2.45) is 0 Å². The average molecular weight is 398 g/mol. The third kappa shape index (κ3) is 4.78. The van der Waals surface area contributed by atoms with E-state index in [9.17, 15) is 4.79 Å². The van der Waals surface area contributed by atoms with Crippen LogP contribution in [0.2, 0.25) is 0 Å². The second-order valence-electron chi connectivity index (χ2n) is 8.01. The summed E-state index contributed by atoms with van der Waals surface area (Å²) in [6.45, 7) is 7.12. The van der Waals surface area contributed by atoms with E-state index in [-0.39, 0.29) is 11.8 Å². The summed E-state index contributed by atoms with van der Waals surface area (Å²) in [5, 5.41) is 6.95. The summed E-state index contributed by atoms with van der Waals surface area (Å²) in [4.78, 5) is 21.5. The van der Waals surface area contributed by atoms with Gasteiger partial charge < -0.3 is 14.7 Å². The van der Waals surface area contributed by atoms with Crippen LogP contribution in [-0.4, -0.2) is 59.7 Å². The Balaban J connectivity index is 1.36. The molecule has 0 radical (unpaired) electrons. The lowest BCUT2D eigenvalue weighted by molar-refractivity contribution is 0.0897. The Kier molecular flexibility index (Phi) is 6.44. The molecule has 1 aromatic carbocycles. The smallest absolute Gasteiger partial charge is 0.316 e. The summed E-state index contributed by atoms with van der Waals surface area (Å²) in [5.41, 5.74) is 2.09. The molecule has 2 aliphatic rings. The summed E-state index contributed by atoms with van der Waals surface area (Å²) < 4.78 is 5.22. The highest BCUT2D eigenvalue weighted by molar-refractivity contribution is 5.89. The lowest BCUT2D eigenvalue weighted by Crippen LogP contribution is -2.40. The van der Waals surface area contributed by atoms with Crippen molar-refractivity contribution in [2.45, 2.75) is 51.5 Å². The molecule has 1 N–H and O–H groups in total. The van der Waals surface area contributed by atoms with Gasteiger partial charge in [-0.15, -0.1) is 0 Å². The Morgan fingerprint density at radius 1 is 1.10 bits per heavy atom. The number of likely N-dealkylation sites (tertiary alicyclic amines) is 1.